The summed E-state index contributed by atoms with van der Waals surface area (Å²) in [7, 11) is 1.67. The molecule has 0 fully saturated rings. The van der Waals surface area contributed by atoms with Gasteiger partial charge in [0.25, 0.3) is 0 Å². The van der Waals surface area contributed by atoms with Crippen LogP contribution in [0.5, 0.6) is 0 Å². The Labute approximate surface area is 91.4 Å². The quantitative estimate of drug-likeness (QED) is 0.609. The lowest BCUT2D eigenvalue weighted by atomic mass is 10.3. The molecule has 0 aromatic rings. The fourth-order valence-corrected chi connectivity index (χ4v) is 0.961. The molecule has 5 nitrogen and oxygen atoms in total. The molecule has 5 heteroatoms. The molecule has 0 aliphatic heterocycles. The Morgan fingerprint density at radius 2 is 2.27 bits per heavy atom. The number of carbonyl (C=O) groups excluding carboxylic acids is 1. The number of likely N-dealkylation sites (N-methyl/N-ethyl adjacent to an activating group) is 1. The molecule has 0 saturated carbocycles. The average Bonchev–Trinajstić information content (AvgIpc) is 2.26. The van der Waals surface area contributed by atoms with Gasteiger partial charge in [-0.1, -0.05) is 0 Å². The molecule has 0 aliphatic carbocycles. The number of rotatable bonds is 7. The van der Waals surface area contributed by atoms with Crippen LogP contribution in [0.2, 0.25) is 0 Å². The molecule has 15 heavy (non-hydrogen) atoms. The maximum atomic E-state index is 11.4. The average molecular weight is 218 g/mol. The van der Waals surface area contributed by atoms with Gasteiger partial charge in [-0.15, -0.1) is 0 Å². The highest BCUT2D eigenvalue weighted by atomic mass is 16.5. The van der Waals surface area contributed by atoms with Gasteiger partial charge in [0.15, 0.2) is 0 Å². The lowest BCUT2D eigenvalue weighted by molar-refractivity contribution is 0.141. The maximum Gasteiger partial charge on any atom is 0.317 e. The molecule has 0 bridgehead atoms. The highest BCUT2D eigenvalue weighted by molar-refractivity contribution is 5.74. The standard InChI is InChI=1S/C10H22N2O3/c1-4-15-7-5-6-11-10(14)12(3)9(2)8-13/h9,13H,4-8H2,1-3H3,(H,11,14). The summed E-state index contributed by atoms with van der Waals surface area (Å²) in [5, 5.41) is 11.6. The third-order valence-electron chi connectivity index (χ3n) is 2.19. The van der Waals surface area contributed by atoms with Crippen molar-refractivity contribution in [1.29, 1.82) is 0 Å². The summed E-state index contributed by atoms with van der Waals surface area (Å²) in [6.07, 6.45) is 0.806. The molecule has 90 valence electrons. The van der Waals surface area contributed by atoms with Gasteiger partial charge in [-0.2, -0.15) is 0 Å². The first-order valence-corrected chi connectivity index (χ1v) is 5.32. The molecule has 1 unspecified atom stereocenters. The SMILES string of the molecule is CCOCCCNC(=O)N(C)C(C)CO. The van der Waals surface area contributed by atoms with Crippen molar-refractivity contribution < 1.29 is 14.6 Å². The Morgan fingerprint density at radius 1 is 1.60 bits per heavy atom. The Hall–Kier alpha value is -0.810. The Bertz CT molecular complexity index is 176. The third kappa shape index (κ3) is 6.30. The predicted molar refractivity (Wildman–Crippen MR) is 58.8 cm³/mol. The van der Waals surface area contributed by atoms with Crippen molar-refractivity contribution >= 4 is 6.03 Å². The summed E-state index contributed by atoms with van der Waals surface area (Å²) >= 11 is 0. The zero-order chi connectivity index (χ0) is 11.7. The third-order valence-corrected chi connectivity index (χ3v) is 2.19. The maximum absolute atomic E-state index is 11.4. The van der Waals surface area contributed by atoms with Crippen LogP contribution in [0.25, 0.3) is 0 Å². The van der Waals surface area contributed by atoms with Crippen LogP contribution in [-0.2, 0) is 4.74 Å². The van der Waals surface area contributed by atoms with Crippen molar-refractivity contribution in [3.63, 3.8) is 0 Å². The van der Waals surface area contributed by atoms with E-state index >= 15 is 0 Å². The number of carbonyl (C=O) groups is 1. The zero-order valence-electron chi connectivity index (χ0n) is 9.82. The summed E-state index contributed by atoms with van der Waals surface area (Å²) in [5.74, 6) is 0. The van der Waals surface area contributed by atoms with Gasteiger partial charge in [0.2, 0.25) is 0 Å². The molecule has 0 spiro atoms. The van der Waals surface area contributed by atoms with Crippen molar-refractivity contribution in [2.45, 2.75) is 26.3 Å². The van der Waals surface area contributed by atoms with Crippen LogP contribution >= 0.6 is 0 Å². The van der Waals surface area contributed by atoms with E-state index in [9.17, 15) is 4.79 Å². The van der Waals surface area contributed by atoms with Crippen LogP contribution in [0.15, 0.2) is 0 Å². The number of amides is 2. The fourth-order valence-electron chi connectivity index (χ4n) is 0.961. The van der Waals surface area contributed by atoms with Crippen LogP contribution in [0.1, 0.15) is 20.3 Å². The monoisotopic (exact) mass is 218 g/mol. The van der Waals surface area contributed by atoms with Gasteiger partial charge < -0.3 is 20.1 Å². The molecule has 0 radical (unpaired) electrons. The van der Waals surface area contributed by atoms with E-state index in [1.807, 2.05) is 6.92 Å². The smallest absolute Gasteiger partial charge is 0.317 e. The van der Waals surface area contributed by atoms with Crippen LogP contribution < -0.4 is 5.32 Å². The zero-order valence-corrected chi connectivity index (χ0v) is 9.82. The van der Waals surface area contributed by atoms with Crippen LogP contribution in [0.4, 0.5) is 4.79 Å². The molecule has 0 rings (SSSR count). The summed E-state index contributed by atoms with van der Waals surface area (Å²) in [4.78, 5) is 12.9. The number of ether oxygens (including phenoxy) is 1. The number of hydrogen-bond acceptors (Lipinski definition) is 3. The molecular formula is C10H22N2O3. The van der Waals surface area contributed by atoms with E-state index in [2.05, 4.69) is 5.32 Å². The Morgan fingerprint density at radius 3 is 2.80 bits per heavy atom. The van der Waals surface area contributed by atoms with Gasteiger partial charge in [-0.25, -0.2) is 4.79 Å². The molecule has 0 saturated heterocycles. The van der Waals surface area contributed by atoms with Gasteiger partial charge in [0.1, 0.15) is 0 Å². The van der Waals surface area contributed by atoms with Crippen molar-refractivity contribution in [1.82, 2.24) is 10.2 Å². The lowest BCUT2D eigenvalue weighted by Gasteiger charge is -2.23. The summed E-state index contributed by atoms with van der Waals surface area (Å²) in [6.45, 7) is 5.67. The first kappa shape index (κ1) is 14.2. The van der Waals surface area contributed by atoms with Gasteiger partial charge in [0, 0.05) is 26.8 Å². The predicted octanol–water partition coefficient (Wildman–Crippen LogP) is 0.435. The van der Waals surface area contributed by atoms with E-state index in [1.165, 1.54) is 4.90 Å². The minimum Gasteiger partial charge on any atom is -0.394 e. The highest BCUT2D eigenvalue weighted by Crippen LogP contribution is 1.94. The minimum absolute atomic E-state index is 0.0249. The summed E-state index contributed by atoms with van der Waals surface area (Å²) < 4.78 is 5.14. The summed E-state index contributed by atoms with van der Waals surface area (Å²) in [5.41, 5.74) is 0. The molecule has 0 aliphatic rings. The van der Waals surface area contributed by atoms with Crippen molar-refractivity contribution in [3.8, 4) is 0 Å². The largest absolute Gasteiger partial charge is 0.394 e. The van der Waals surface area contributed by atoms with E-state index < -0.39 is 0 Å². The molecule has 2 N–H and O–H groups in total. The number of aliphatic hydroxyl groups is 1. The number of aliphatic hydroxyl groups excluding tert-OH is 1. The van der Waals surface area contributed by atoms with Gasteiger partial charge in [-0.05, 0) is 20.3 Å². The van der Waals surface area contributed by atoms with Gasteiger partial charge in [-0.3, -0.25) is 0 Å². The molecule has 0 aromatic carbocycles. The first-order chi connectivity index (χ1) is 7.13. The molecular weight excluding hydrogens is 196 g/mol. The van der Waals surface area contributed by atoms with Crippen molar-refractivity contribution in [2.75, 3.05) is 33.4 Å². The number of hydrogen-bond donors (Lipinski definition) is 2. The molecule has 1 atom stereocenters. The Kier molecular flexibility index (Phi) is 8.04. The molecule has 0 heterocycles. The van der Waals surface area contributed by atoms with E-state index in [1.54, 1.807) is 14.0 Å². The van der Waals surface area contributed by atoms with Crippen LogP contribution in [-0.4, -0.2) is 55.5 Å². The van der Waals surface area contributed by atoms with Gasteiger partial charge >= 0.3 is 6.03 Å². The van der Waals surface area contributed by atoms with Gasteiger partial charge in [0.05, 0.1) is 12.6 Å². The first-order valence-electron chi connectivity index (χ1n) is 5.32. The van der Waals surface area contributed by atoms with Crippen LogP contribution in [0, 0.1) is 0 Å². The normalized spacial score (nSPS) is 12.3. The molecule has 2 amide bonds. The second-order valence-electron chi connectivity index (χ2n) is 3.42. The summed E-state index contributed by atoms with van der Waals surface area (Å²) in [6, 6.07) is -0.315. The van der Waals surface area contributed by atoms with Crippen LogP contribution in [0.3, 0.4) is 0 Å². The highest BCUT2D eigenvalue weighted by Gasteiger charge is 2.13. The minimum atomic E-state index is -0.159. The fraction of sp³-hybridized carbons (Fsp3) is 0.900. The van der Waals surface area contributed by atoms with Crippen molar-refractivity contribution in [3.05, 3.63) is 0 Å². The van der Waals surface area contributed by atoms with Crippen molar-refractivity contribution in [2.24, 2.45) is 0 Å². The number of urea groups is 1. The second-order valence-corrected chi connectivity index (χ2v) is 3.42. The van der Waals surface area contributed by atoms with E-state index in [0.29, 0.717) is 19.8 Å². The van der Waals surface area contributed by atoms with E-state index in [0.717, 1.165) is 6.42 Å². The molecule has 0 aromatic heterocycles. The number of nitrogens with zero attached hydrogens (tertiary/aromatic N) is 1. The Balaban J connectivity index is 3.56. The topological polar surface area (TPSA) is 61.8 Å². The van der Waals surface area contributed by atoms with E-state index in [-0.39, 0.29) is 18.7 Å². The lowest BCUT2D eigenvalue weighted by Crippen LogP contribution is -2.44. The van der Waals surface area contributed by atoms with E-state index in [4.69, 9.17) is 9.84 Å². The second kappa shape index (κ2) is 8.49. The number of nitrogens with one attached hydrogen (secondary N) is 1.